The maximum Gasteiger partial charge on any atom is 0.147 e. The molecule has 0 aliphatic rings. The first-order valence-electron chi connectivity index (χ1n) is 5.43. The molecule has 0 aliphatic carbocycles. The molecule has 0 aliphatic heterocycles. The second kappa shape index (κ2) is 5.74. The van der Waals surface area contributed by atoms with Gasteiger partial charge in [0.2, 0.25) is 0 Å². The van der Waals surface area contributed by atoms with Gasteiger partial charge in [0.15, 0.2) is 0 Å². The van der Waals surface area contributed by atoms with Gasteiger partial charge in [-0.25, -0.2) is 15.0 Å². The molecular weight excluding hydrogens is 216 g/mol. The van der Waals surface area contributed by atoms with Crippen molar-refractivity contribution in [3.8, 4) is 0 Å². The van der Waals surface area contributed by atoms with Crippen molar-refractivity contribution in [1.29, 1.82) is 0 Å². The van der Waals surface area contributed by atoms with E-state index in [2.05, 4.69) is 30.6 Å². The van der Waals surface area contributed by atoms with Crippen molar-refractivity contribution in [3.63, 3.8) is 0 Å². The van der Waals surface area contributed by atoms with Crippen molar-refractivity contribution < 1.29 is 0 Å². The minimum absolute atomic E-state index is 0.604. The number of hydrogen-bond donors (Lipinski definition) is 2. The van der Waals surface area contributed by atoms with Gasteiger partial charge in [0.1, 0.15) is 18.0 Å². The summed E-state index contributed by atoms with van der Waals surface area (Å²) in [4.78, 5) is 16.4. The van der Waals surface area contributed by atoms with E-state index in [1.807, 2.05) is 13.0 Å². The van der Waals surface area contributed by atoms with Gasteiger partial charge in [-0.15, -0.1) is 0 Å². The van der Waals surface area contributed by atoms with Gasteiger partial charge in [-0.3, -0.25) is 4.98 Å². The van der Waals surface area contributed by atoms with Gasteiger partial charge in [-0.1, -0.05) is 0 Å². The Hall–Kier alpha value is -2.24. The van der Waals surface area contributed by atoms with Crippen molar-refractivity contribution >= 4 is 11.6 Å². The third-order valence-corrected chi connectivity index (χ3v) is 2.09. The zero-order valence-corrected chi connectivity index (χ0v) is 9.59. The molecule has 0 saturated carbocycles. The van der Waals surface area contributed by atoms with Crippen LogP contribution >= 0.6 is 0 Å². The molecule has 2 heterocycles. The Morgan fingerprint density at radius 2 is 1.94 bits per heavy atom. The van der Waals surface area contributed by atoms with Crippen molar-refractivity contribution in [2.75, 3.05) is 17.2 Å². The molecule has 2 aromatic rings. The summed E-state index contributed by atoms with van der Waals surface area (Å²) < 4.78 is 0. The maximum atomic E-state index is 4.35. The highest BCUT2D eigenvalue weighted by Gasteiger charge is 1.98. The minimum atomic E-state index is 0.604. The summed E-state index contributed by atoms with van der Waals surface area (Å²) in [6.07, 6.45) is 6.61. The van der Waals surface area contributed by atoms with Crippen LogP contribution in [-0.2, 0) is 6.54 Å². The molecule has 17 heavy (non-hydrogen) atoms. The monoisotopic (exact) mass is 230 g/mol. The lowest BCUT2D eigenvalue weighted by molar-refractivity contribution is 0.989. The lowest BCUT2D eigenvalue weighted by Gasteiger charge is -2.06. The fourth-order valence-electron chi connectivity index (χ4n) is 1.32. The average molecular weight is 230 g/mol. The molecule has 6 nitrogen and oxygen atoms in total. The van der Waals surface area contributed by atoms with Crippen molar-refractivity contribution in [1.82, 2.24) is 19.9 Å². The molecule has 0 radical (unpaired) electrons. The van der Waals surface area contributed by atoms with E-state index in [1.54, 1.807) is 18.6 Å². The van der Waals surface area contributed by atoms with Crippen molar-refractivity contribution in [2.24, 2.45) is 0 Å². The average Bonchev–Trinajstić information content (AvgIpc) is 2.39. The second-order valence-electron chi connectivity index (χ2n) is 3.37. The van der Waals surface area contributed by atoms with E-state index >= 15 is 0 Å². The molecule has 88 valence electrons. The Kier molecular flexibility index (Phi) is 3.80. The molecule has 0 amide bonds. The van der Waals surface area contributed by atoms with Crippen LogP contribution in [-0.4, -0.2) is 26.5 Å². The molecule has 0 atom stereocenters. The number of hydrogen-bond acceptors (Lipinski definition) is 6. The Labute approximate surface area is 99.6 Å². The molecule has 2 N–H and O–H groups in total. The first kappa shape index (κ1) is 11.3. The highest BCUT2D eigenvalue weighted by Crippen LogP contribution is 2.07. The molecule has 0 aromatic carbocycles. The Bertz CT molecular complexity index is 459. The van der Waals surface area contributed by atoms with Gasteiger partial charge < -0.3 is 10.6 Å². The first-order chi connectivity index (χ1) is 8.38. The smallest absolute Gasteiger partial charge is 0.147 e. The SMILES string of the molecule is CCNc1cncc(NCc2ccncn2)n1. The zero-order chi connectivity index (χ0) is 11.9. The van der Waals surface area contributed by atoms with Crippen LogP contribution in [0.3, 0.4) is 0 Å². The van der Waals surface area contributed by atoms with Crippen LogP contribution in [0.15, 0.2) is 31.0 Å². The Morgan fingerprint density at radius 1 is 1.12 bits per heavy atom. The molecule has 0 saturated heterocycles. The normalized spacial score (nSPS) is 9.94. The van der Waals surface area contributed by atoms with Gasteiger partial charge in [0.25, 0.3) is 0 Å². The third kappa shape index (κ3) is 3.37. The first-order valence-corrected chi connectivity index (χ1v) is 5.43. The van der Waals surface area contributed by atoms with Gasteiger partial charge in [-0.2, -0.15) is 0 Å². The molecule has 0 unspecified atom stereocenters. The summed E-state index contributed by atoms with van der Waals surface area (Å²) in [7, 11) is 0. The lowest BCUT2D eigenvalue weighted by atomic mass is 10.4. The van der Waals surface area contributed by atoms with Crippen LogP contribution < -0.4 is 10.6 Å². The highest BCUT2D eigenvalue weighted by atomic mass is 15.1. The highest BCUT2D eigenvalue weighted by molar-refractivity contribution is 5.41. The summed E-state index contributed by atoms with van der Waals surface area (Å²) in [5.74, 6) is 1.49. The van der Waals surface area contributed by atoms with Crippen LogP contribution in [0.1, 0.15) is 12.6 Å². The van der Waals surface area contributed by atoms with Gasteiger partial charge >= 0.3 is 0 Å². The fraction of sp³-hybridized carbons (Fsp3) is 0.273. The van der Waals surface area contributed by atoms with Crippen LogP contribution in [0.5, 0.6) is 0 Å². The zero-order valence-electron chi connectivity index (χ0n) is 9.59. The van der Waals surface area contributed by atoms with E-state index < -0.39 is 0 Å². The Balaban J connectivity index is 1.97. The van der Waals surface area contributed by atoms with Crippen LogP contribution in [0.2, 0.25) is 0 Å². The number of nitrogens with one attached hydrogen (secondary N) is 2. The molecular formula is C11H14N6. The maximum absolute atomic E-state index is 4.35. The number of anilines is 2. The van der Waals surface area contributed by atoms with Crippen LogP contribution in [0.4, 0.5) is 11.6 Å². The second-order valence-corrected chi connectivity index (χ2v) is 3.37. The summed E-state index contributed by atoms with van der Waals surface area (Å²) >= 11 is 0. The topological polar surface area (TPSA) is 75.6 Å². The van der Waals surface area contributed by atoms with Gasteiger partial charge in [0, 0.05) is 12.7 Å². The number of nitrogens with zero attached hydrogens (tertiary/aromatic N) is 4. The molecule has 0 fully saturated rings. The molecule has 0 spiro atoms. The molecule has 2 aromatic heterocycles. The van der Waals surface area contributed by atoms with Gasteiger partial charge in [0.05, 0.1) is 24.6 Å². The molecule has 6 heteroatoms. The van der Waals surface area contributed by atoms with Crippen LogP contribution in [0.25, 0.3) is 0 Å². The molecule has 2 rings (SSSR count). The lowest BCUT2D eigenvalue weighted by Crippen LogP contribution is -2.06. The van der Waals surface area contributed by atoms with E-state index in [0.717, 1.165) is 23.9 Å². The summed E-state index contributed by atoms with van der Waals surface area (Å²) in [6, 6.07) is 1.86. The number of aromatic nitrogens is 4. The van der Waals surface area contributed by atoms with Crippen molar-refractivity contribution in [3.05, 3.63) is 36.7 Å². The predicted molar refractivity (Wildman–Crippen MR) is 65.6 cm³/mol. The summed E-state index contributed by atoms with van der Waals surface area (Å²) in [6.45, 7) is 3.44. The largest absolute Gasteiger partial charge is 0.369 e. The summed E-state index contributed by atoms with van der Waals surface area (Å²) in [5, 5.41) is 6.26. The summed E-state index contributed by atoms with van der Waals surface area (Å²) in [5.41, 5.74) is 0.913. The van der Waals surface area contributed by atoms with Crippen molar-refractivity contribution in [2.45, 2.75) is 13.5 Å². The van der Waals surface area contributed by atoms with E-state index in [-0.39, 0.29) is 0 Å². The quantitative estimate of drug-likeness (QED) is 0.806. The standard InChI is InChI=1S/C11H14N6/c1-2-14-10-6-13-7-11(17-10)15-5-9-3-4-12-8-16-9/h3-4,6-8H,2,5H2,1H3,(H2,14,15,17). The van der Waals surface area contributed by atoms with E-state index in [4.69, 9.17) is 0 Å². The number of rotatable bonds is 5. The predicted octanol–water partition coefficient (Wildman–Crippen LogP) is 1.31. The van der Waals surface area contributed by atoms with E-state index in [1.165, 1.54) is 6.33 Å². The fourth-order valence-corrected chi connectivity index (χ4v) is 1.32. The van der Waals surface area contributed by atoms with Crippen LogP contribution in [0, 0.1) is 0 Å². The van der Waals surface area contributed by atoms with Gasteiger partial charge in [-0.05, 0) is 13.0 Å². The minimum Gasteiger partial charge on any atom is -0.369 e. The van der Waals surface area contributed by atoms with E-state index in [0.29, 0.717) is 6.54 Å². The van der Waals surface area contributed by atoms with E-state index in [9.17, 15) is 0 Å². The Morgan fingerprint density at radius 3 is 2.65 bits per heavy atom. The third-order valence-electron chi connectivity index (χ3n) is 2.09. The molecule has 0 bridgehead atoms.